The van der Waals surface area contributed by atoms with Crippen LogP contribution in [0.15, 0.2) is 48.7 Å². The van der Waals surface area contributed by atoms with E-state index >= 15 is 0 Å². The molecule has 1 aliphatic heterocycles. The number of hydrogen-bond donors (Lipinski definition) is 2. The molecule has 0 saturated carbocycles. The van der Waals surface area contributed by atoms with Crippen molar-refractivity contribution in [2.75, 3.05) is 13.7 Å². The van der Waals surface area contributed by atoms with E-state index in [2.05, 4.69) is 53.3 Å². The smallest absolute Gasteiger partial charge is 0.275 e. The van der Waals surface area contributed by atoms with Gasteiger partial charge < -0.3 is 14.6 Å². The van der Waals surface area contributed by atoms with Crippen LogP contribution in [-0.2, 0) is 6.42 Å². The second-order valence-electron chi connectivity index (χ2n) is 8.81. The van der Waals surface area contributed by atoms with Gasteiger partial charge in [0.05, 0.1) is 13.2 Å². The first-order valence-electron chi connectivity index (χ1n) is 11.1. The number of carbonyl (C=O) groups excluding carboxylic acids is 1. The maximum atomic E-state index is 13.3. The minimum Gasteiger partial charge on any atom is -0.497 e. The van der Waals surface area contributed by atoms with Gasteiger partial charge in [-0.2, -0.15) is 5.10 Å². The van der Waals surface area contributed by atoms with Gasteiger partial charge >= 0.3 is 0 Å². The summed E-state index contributed by atoms with van der Waals surface area (Å²) in [5, 5.41) is 8.47. The zero-order valence-corrected chi connectivity index (χ0v) is 18.9. The van der Waals surface area contributed by atoms with Gasteiger partial charge in [-0.05, 0) is 54.2 Å². The van der Waals surface area contributed by atoms with Crippen molar-refractivity contribution in [3.05, 3.63) is 82.3 Å². The Morgan fingerprint density at radius 1 is 1.16 bits per heavy atom. The topological polar surface area (TPSA) is 74.0 Å². The van der Waals surface area contributed by atoms with Gasteiger partial charge in [-0.15, -0.1) is 0 Å². The normalized spacial score (nSPS) is 15.7. The number of ether oxygens (including phenoxy) is 1. The second kappa shape index (κ2) is 7.86. The molecule has 2 N–H and O–H groups in total. The van der Waals surface area contributed by atoms with E-state index in [4.69, 9.17) is 4.74 Å². The minimum atomic E-state index is -0.128. The number of nitrogens with zero attached hydrogens (tertiary/aromatic N) is 2. The number of aromatic nitrogens is 3. The molecule has 164 valence electrons. The fraction of sp³-hybridized carbons (Fsp3) is 0.308. The summed E-state index contributed by atoms with van der Waals surface area (Å²) in [7, 11) is 1.68. The van der Waals surface area contributed by atoms with Crippen molar-refractivity contribution in [3.8, 4) is 5.75 Å². The quantitative estimate of drug-likeness (QED) is 0.448. The van der Waals surface area contributed by atoms with Crippen molar-refractivity contribution in [2.24, 2.45) is 0 Å². The Morgan fingerprint density at radius 3 is 2.66 bits per heavy atom. The highest BCUT2D eigenvalue weighted by molar-refractivity contribution is 5.98. The van der Waals surface area contributed by atoms with Crippen LogP contribution in [0, 0.1) is 6.92 Å². The van der Waals surface area contributed by atoms with E-state index in [0.29, 0.717) is 18.2 Å². The van der Waals surface area contributed by atoms with Crippen LogP contribution in [0.1, 0.15) is 64.2 Å². The molecule has 5 rings (SSSR count). The van der Waals surface area contributed by atoms with Crippen LogP contribution in [0.2, 0.25) is 0 Å². The molecule has 0 unspecified atom stereocenters. The number of amides is 1. The first-order chi connectivity index (χ1) is 15.5. The van der Waals surface area contributed by atoms with Crippen molar-refractivity contribution in [2.45, 2.75) is 39.2 Å². The Labute approximate surface area is 187 Å². The molecule has 2 aromatic heterocycles. The van der Waals surface area contributed by atoms with Gasteiger partial charge in [0.2, 0.25) is 0 Å². The van der Waals surface area contributed by atoms with Gasteiger partial charge in [-0.1, -0.05) is 38.1 Å². The van der Waals surface area contributed by atoms with E-state index in [0.717, 1.165) is 39.9 Å². The summed E-state index contributed by atoms with van der Waals surface area (Å²) in [6, 6.07) is 14.5. The third-order valence-electron chi connectivity index (χ3n) is 6.56. The Kier molecular flexibility index (Phi) is 5.00. The van der Waals surface area contributed by atoms with Gasteiger partial charge in [0, 0.05) is 34.9 Å². The van der Waals surface area contributed by atoms with E-state index < -0.39 is 0 Å². The predicted octanol–water partition coefficient (Wildman–Crippen LogP) is 5.12. The van der Waals surface area contributed by atoms with Gasteiger partial charge in [-0.3, -0.25) is 9.89 Å². The van der Waals surface area contributed by atoms with Gasteiger partial charge in [0.15, 0.2) is 5.69 Å². The number of methoxy groups -OCH3 is 1. The molecule has 0 saturated heterocycles. The highest BCUT2D eigenvalue weighted by Gasteiger charge is 2.41. The number of benzene rings is 2. The van der Waals surface area contributed by atoms with Crippen molar-refractivity contribution in [1.29, 1.82) is 0 Å². The average molecular weight is 429 g/mol. The highest BCUT2D eigenvalue weighted by Crippen LogP contribution is 2.40. The van der Waals surface area contributed by atoms with Gasteiger partial charge in [0.25, 0.3) is 5.91 Å². The molecule has 0 radical (unpaired) electrons. The summed E-state index contributed by atoms with van der Waals surface area (Å²) in [6.07, 6.45) is 2.77. The molecule has 3 heterocycles. The summed E-state index contributed by atoms with van der Waals surface area (Å²) in [5.74, 6) is 1.28. The molecular weight excluding hydrogens is 400 g/mol. The maximum absolute atomic E-state index is 13.3. The molecule has 6 heteroatoms. The van der Waals surface area contributed by atoms with Gasteiger partial charge in [-0.25, -0.2) is 0 Å². The first kappa shape index (κ1) is 20.4. The standard InChI is InChI=1S/C26H28N4O2/c1-15(2)17-5-7-18(8-6-17)25-23-16(3)28-29-24(23)26(31)30(25)12-11-19-14-27-22-10-9-20(32-4)13-21(19)22/h5-10,13-15,25,27H,11-12H2,1-4H3,(H,28,29)/t25-/m1/s1. The van der Waals surface area contributed by atoms with Crippen LogP contribution >= 0.6 is 0 Å². The highest BCUT2D eigenvalue weighted by atomic mass is 16.5. The fourth-order valence-electron chi connectivity index (χ4n) is 4.72. The number of fused-ring (bicyclic) bond motifs is 2. The Hall–Kier alpha value is -3.54. The lowest BCUT2D eigenvalue weighted by molar-refractivity contribution is 0.0745. The molecule has 0 spiro atoms. The molecule has 1 atom stereocenters. The molecule has 0 bridgehead atoms. The Bertz CT molecular complexity index is 1280. The number of rotatable bonds is 6. The molecule has 1 amide bonds. The third kappa shape index (κ3) is 3.27. The van der Waals surface area contributed by atoms with Crippen LogP contribution in [0.25, 0.3) is 10.9 Å². The van der Waals surface area contributed by atoms with Crippen LogP contribution < -0.4 is 4.74 Å². The summed E-state index contributed by atoms with van der Waals surface area (Å²) in [4.78, 5) is 18.6. The van der Waals surface area contributed by atoms with Crippen molar-refractivity contribution < 1.29 is 9.53 Å². The van der Waals surface area contributed by atoms with Crippen molar-refractivity contribution in [3.63, 3.8) is 0 Å². The summed E-state index contributed by atoms with van der Waals surface area (Å²) in [6.45, 7) is 6.98. The minimum absolute atomic E-state index is 0.0142. The van der Waals surface area contributed by atoms with Crippen molar-refractivity contribution in [1.82, 2.24) is 20.1 Å². The molecule has 2 aromatic carbocycles. The SMILES string of the molecule is COc1ccc2[nH]cc(CCN3C(=O)c4n[nH]c(C)c4[C@H]3c3ccc(C(C)C)cc3)c2c1. The zero-order valence-electron chi connectivity index (χ0n) is 18.9. The van der Waals surface area contributed by atoms with E-state index in [9.17, 15) is 4.79 Å². The lowest BCUT2D eigenvalue weighted by Gasteiger charge is -2.26. The van der Waals surface area contributed by atoms with E-state index in [1.807, 2.05) is 36.2 Å². The fourth-order valence-corrected chi connectivity index (χ4v) is 4.72. The molecule has 0 fully saturated rings. The van der Waals surface area contributed by atoms with E-state index in [1.165, 1.54) is 11.1 Å². The molecular formula is C26H28N4O2. The number of hydrogen-bond acceptors (Lipinski definition) is 3. The van der Waals surface area contributed by atoms with E-state index in [-0.39, 0.29) is 11.9 Å². The summed E-state index contributed by atoms with van der Waals surface area (Å²) >= 11 is 0. The number of H-pyrrole nitrogens is 2. The van der Waals surface area contributed by atoms with Crippen molar-refractivity contribution >= 4 is 16.8 Å². The zero-order chi connectivity index (χ0) is 22.4. The van der Waals surface area contributed by atoms with Crippen LogP contribution in [-0.4, -0.2) is 39.6 Å². The van der Waals surface area contributed by atoms with E-state index in [1.54, 1.807) is 7.11 Å². The maximum Gasteiger partial charge on any atom is 0.275 e. The molecule has 0 aliphatic carbocycles. The van der Waals surface area contributed by atoms with Crippen LogP contribution in [0.4, 0.5) is 0 Å². The molecule has 4 aromatic rings. The largest absolute Gasteiger partial charge is 0.497 e. The van der Waals surface area contributed by atoms with Gasteiger partial charge in [0.1, 0.15) is 5.75 Å². The lowest BCUT2D eigenvalue weighted by Crippen LogP contribution is -2.31. The summed E-state index contributed by atoms with van der Waals surface area (Å²) in [5.41, 5.74) is 7.13. The number of carbonyl (C=O) groups is 1. The molecule has 32 heavy (non-hydrogen) atoms. The number of aryl methyl sites for hydroxylation is 1. The van der Waals surface area contributed by atoms with Crippen LogP contribution in [0.3, 0.4) is 0 Å². The molecule has 6 nitrogen and oxygen atoms in total. The predicted molar refractivity (Wildman–Crippen MR) is 125 cm³/mol. The number of aromatic amines is 2. The number of nitrogens with one attached hydrogen (secondary N) is 2. The Morgan fingerprint density at radius 2 is 1.94 bits per heavy atom. The Balaban J connectivity index is 1.47. The third-order valence-corrected chi connectivity index (χ3v) is 6.56. The summed E-state index contributed by atoms with van der Waals surface area (Å²) < 4.78 is 5.40. The first-order valence-corrected chi connectivity index (χ1v) is 11.1. The monoisotopic (exact) mass is 428 g/mol. The molecule has 1 aliphatic rings. The second-order valence-corrected chi connectivity index (χ2v) is 8.81. The van der Waals surface area contributed by atoms with Crippen LogP contribution in [0.5, 0.6) is 5.75 Å². The average Bonchev–Trinajstić information content (AvgIpc) is 3.46. The lowest BCUT2D eigenvalue weighted by atomic mass is 9.95.